The average molecular weight is 419 g/mol. The Morgan fingerprint density at radius 1 is 0.750 bits per heavy atom. The van der Waals surface area contributed by atoms with E-state index in [9.17, 15) is 5.11 Å². The summed E-state index contributed by atoms with van der Waals surface area (Å²) in [5.74, 6) is 0.108. The first kappa shape index (κ1) is 22.4. The number of phenols is 1. The number of hydrogen-bond donors (Lipinski definition) is 1. The van der Waals surface area contributed by atoms with Gasteiger partial charge in [0.25, 0.3) is 0 Å². The third-order valence-electron chi connectivity index (χ3n) is 4.62. The second-order valence-electron chi connectivity index (χ2n) is 7.44. The molecule has 3 aromatic carbocycles. The lowest BCUT2D eigenvalue weighted by atomic mass is 10.1. The van der Waals surface area contributed by atoms with E-state index in [1.807, 2.05) is 98.0 Å². The fourth-order valence-electron chi connectivity index (χ4n) is 2.89. The van der Waals surface area contributed by atoms with Crippen LogP contribution in [0, 0.1) is 0 Å². The van der Waals surface area contributed by atoms with Crippen molar-refractivity contribution in [3.05, 3.63) is 133 Å². The van der Waals surface area contributed by atoms with Crippen molar-refractivity contribution in [1.82, 2.24) is 0 Å². The van der Waals surface area contributed by atoms with Gasteiger partial charge in [-0.05, 0) is 47.2 Å². The molecule has 0 atom stereocenters. The summed E-state index contributed by atoms with van der Waals surface area (Å²) < 4.78 is 0. The molecule has 158 valence electrons. The lowest BCUT2D eigenvalue weighted by molar-refractivity contribution is 0.477. The van der Waals surface area contributed by atoms with Gasteiger partial charge in [0.1, 0.15) is 11.4 Å². The van der Waals surface area contributed by atoms with E-state index in [4.69, 9.17) is 0 Å². The fourth-order valence-corrected chi connectivity index (χ4v) is 2.89. The van der Waals surface area contributed by atoms with E-state index in [2.05, 4.69) is 30.0 Å². The molecular weight excluding hydrogens is 392 g/mol. The summed E-state index contributed by atoms with van der Waals surface area (Å²) in [5.41, 5.74) is 4.92. The molecule has 0 amide bonds. The molecule has 0 heterocycles. The lowest BCUT2D eigenvalue weighted by Gasteiger charge is -2.03. The number of aromatic hydroxyl groups is 1. The first-order valence-corrected chi connectivity index (χ1v) is 10.2. The molecule has 0 radical (unpaired) electrons. The lowest BCUT2D eigenvalue weighted by Crippen LogP contribution is -1.75. The van der Waals surface area contributed by atoms with E-state index >= 15 is 0 Å². The van der Waals surface area contributed by atoms with E-state index < -0.39 is 0 Å². The maximum absolute atomic E-state index is 10.2. The molecule has 0 aliphatic carbocycles. The van der Waals surface area contributed by atoms with Gasteiger partial charge < -0.3 is 5.11 Å². The van der Waals surface area contributed by atoms with Crippen LogP contribution in [0.4, 0.5) is 11.4 Å². The van der Waals surface area contributed by atoms with Crippen LogP contribution in [0.15, 0.2) is 138 Å². The van der Waals surface area contributed by atoms with Gasteiger partial charge in [-0.2, -0.15) is 5.11 Å². The summed E-state index contributed by atoms with van der Waals surface area (Å²) in [4.78, 5) is 0. The highest BCUT2D eigenvalue weighted by Crippen LogP contribution is 2.35. The zero-order valence-corrected chi connectivity index (χ0v) is 18.2. The molecule has 3 rings (SSSR count). The molecule has 0 spiro atoms. The topological polar surface area (TPSA) is 45.0 Å². The standard InChI is InChI=1S/C29H26N2O/c1-21(2)9-10-22(3)11-12-23(4)13-14-24-15-18-26(19-16-24)30-31-29-27-8-6-5-7-25(27)17-20-28(29)32/h5-20,32H,1,3-4H2,2H3/b10-9?,12-11-,14-13?,31-30?. The molecule has 3 aromatic rings. The summed E-state index contributed by atoms with van der Waals surface area (Å²) in [7, 11) is 0. The van der Waals surface area contributed by atoms with Crippen LogP contribution in [-0.4, -0.2) is 5.11 Å². The van der Waals surface area contributed by atoms with Crippen molar-refractivity contribution in [2.24, 2.45) is 10.2 Å². The van der Waals surface area contributed by atoms with Crippen molar-refractivity contribution in [2.75, 3.05) is 0 Å². The highest BCUT2D eigenvalue weighted by atomic mass is 16.3. The van der Waals surface area contributed by atoms with Crippen LogP contribution in [-0.2, 0) is 0 Å². The van der Waals surface area contributed by atoms with Gasteiger partial charge in [0.2, 0.25) is 0 Å². The Kier molecular flexibility index (Phi) is 7.50. The number of rotatable bonds is 8. The van der Waals surface area contributed by atoms with Crippen LogP contribution in [0.25, 0.3) is 16.8 Å². The number of allylic oxidation sites excluding steroid dienone is 8. The van der Waals surface area contributed by atoms with Gasteiger partial charge in [-0.15, -0.1) is 5.11 Å². The van der Waals surface area contributed by atoms with Crippen molar-refractivity contribution in [3.8, 4) is 5.75 Å². The van der Waals surface area contributed by atoms with Gasteiger partial charge in [-0.1, -0.05) is 104 Å². The minimum atomic E-state index is 0.108. The van der Waals surface area contributed by atoms with Gasteiger partial charge in [-0.25, -0.2) is 0 Å². The zero-order chi connectivity index (χ0) is 22.9. The van der Waals surface area contributed by atoms with Crippen LogP contribution in [0.3, 0.4) is 0 Å². The molecule has 0 unspecified atom stereocenters. The Hall–Kier alpha value is -4.24. The van der Waals surface area contributed by atoms with Crippen molar-refractivity contribution in [3.63, 3.8) is 0 Å². The highest BCUT2D eigenvalue weighted by molar-refractivity contribution is 5.95. The predicted octanol–water partition coefficient (Wildman–Crippen LogP) is 8.77. The molecule has 0 aliphatic heterocycles. The molecule has 3 heteroatoms. The fraction of sp³-hybridized carbons (Fsp3) is 0.0345. The molecule has 0 aromatic heterocycles. The first-order valence-electron chi connectivity index (χ1n) is 10.2. The van der Waals surface area contributed by atoms with Gasteiger partial charge >= 0.3 is 0 Å². The van der Waals surface area contributed by atoms with Crippen LogP contribution in [0.5, 0.6) is 5.75 Å². The van der Waals surface area contributed by atoms with Crippen LogP contribution in [0.2, 0.25) is 0 Å². The summed E-state index contributed by atoms with van der Waals surface area (Å²) >= 11 is 0. The third-order valence-corrected chi connectivity index (χ3v) is 4.62. The van der Waals surface area contributed by atoms with Crippen molar-refractivity contribution >= 4 is 28.2 Å². The van der Waals surface area contributed by atoms with E-state index in [0.717, 1.165) is 33.1 Å². The average Bonchev–Trinajstić information content (AvgIpc) is 2.80. The van der Waals surface area contributed by atoms with Gasteiger partial charge in [-0.3, -0.25) is 0 Å². The summed E-state index contributed by atoms with van der Waals surface area (Å²) in [6.45, 7) is 13.8. The molecule has 0 bridgehead atoms. The number of azo groups is 1. The molecule has 32 heavy (non-hydrogen) atoms. The third kappa shape index (κ3) is 6.38. The molecule has 0 saturated carbocycles. The molecule has 1 N–H and O–H groups in total. The summed E-state index contributed by atoms with van der Waals surface area (Å²) in [5, 5.41) is 20.6. The number of fused-ring (bicyclic) bond motifs is 1. The van der Waals surface area contributed by atoms with E-state index in [0.29, 0.717) is 11.4 Å². The van der Waals surface area contributed by atoms with Gasteiger partial charge in [0, 0.05) is 5.39 Å². The van der Waals surface area contributed by atoms with Crippen LogP contribution in [0.1, 0.15) is 12.5 Å². The minimum absolute atomic E-state index is 0.108. The Bertz CT molecular complexity index is 1270. The SMILES string of the molecule is C=C(C)C=CC(=C)/C=C\C(=C)C=Cc1ccc(N=Nc2c(O)ccc3ccccc23)cc1. The Balaban J connectivity index is 1.66. The number of hydrogen-bond acceptors (Lipinski definition) is 3. The molecule has 0 saturated heterocycles. The maximum Gasteiger partial charge on any atom is 0.143 e. The molecule has 3 nitrogen and oxygen atoms in total. The van der Waals surface area contributed by atoms with E-state index in [-0.39, 0.29) is 5.75 Å². The van der Waals surface area contributed by atoms with Crippen molar-refractivity contribution in [2.45, 2.75) is 6.92 Å². The smallest absolute Gasteiger partial charge is 0.143 e. The summed E-state index contributed by atoms with van der Waals surface area (Å²) in [6.07, 6.45) is 11.6. The molecule has 0 fully saturated rings. The Labute approximate surface area is 189 Å². The van der Waals surface area contributed by atoms with Gasteiger partial charge in [0.15, 0.2) is 0 Å². The zero-order valence-electron chi connectivity index (χ0n) is 18.2. The second-order valence-corrected chi connectivity index (χ2v) is 7.44. The van der Waals surface area contributed by atoms with Crippen molar-refractivity contribution in [1.29, 1.82) is 0 Å². The Morgan fingerprint density at radius 3 is 2.12 bits per heavy atom. The summed E-state index contributed by atoms with van der Waals surface area (Å²) in [6, 6.07) is 19.0. The van der Waals surface area contributed by atoms with Crippen LogP contribution >= 0.6 is 0 Å². The monoisotopic (exact) mass is 418 g/mol. The normalized spacial score (nSPS) is 11.9. The first-order chi connectivity index (χ1) is 15.4. The second kappa shape index (κ2) is 10.7. The highest BCUT2D eigenvalue weighted by Gasteiger charge is 2.05. The largest absolute Gasteiger partial charge is 0.506 e. The number of phenolic OH excluding ortho intramolecular Hbond substituents is 1. The molecule has 0 aliphatic rings. The van der Waals surface area contributed by atoms with E-state index in [1.54, 1.807) is 6.07 Å². The minimum Gasteiger partial charge on any atom is -0.506 e. The molecular formula is C29H26N2O. The number of nitrogens with zero attached hydrogens (tertiary/aromatic N) is 2. The van der Waals surface area contributed by atoms with Crippen LogP contribution < -0.4 is 0 Å². The maximum atomic E-state index is 10.2. The quantitative estimate of drug-likeness (QED) is 0.288. The van der Waals surface area contributed by atoms with Crippen molar-refractivity contribution < 1.29 is 5.11 Å². The number of benzene rings is 3. The van der Waals surface area contributed by atoms with Gasteiger partial charge in [0.05, 0.1) is 5.69 Å². The predicted molar refractivity (Wildman–Crippen MR) is 137 cm³/mol. The Morgan fingerprint density at radius 2 is 1.41 bits per heavy atom. The van der Waals surface area contributed by atoms with E-state index in [1.165, 1.54) is 0 Å².